The van der Waals surface area contributed by atoms with Crippen molar-refractivity contribution in [1.29, 1.82) is 0 Å². The molecule has 0 aromatic rings. The minimum Gasteiger partial charge on any atom is -0.377 e. The van der Waals surface area contributed by atoms with Gasteiger partial charge < -0.3 is 4.90 Å². The molecule has 1 fully saturated rings. The molecule has 0 N–H and O–H groups in total. The highest BCUT2D eigenvalue weighted by molar-refractivity contribution is 5.37. The zero-order chi connectivity index (χ0) is 14.2. The van der Waals surface area contributed by atoms with Crippen molar-refractivity contribution in [3.8, 4) is 0 Å². The van der Waals surface area contributed by atoms with Gasteiger partial charge in [0.25, 0.3) is 0 Å². The molecule has 1 heterocycles. The maximum atomic E-state index is 2.43. The molecule has 2 aliphatic rings. The molecule has 18 heavy (non-hydrogen) atoms. The van der Waals surface area contributed by atoms with Crippen LogP contribution in [-0.2, 0) is 0 Å². The van der Waals surface area contributed by atoms with Crippen LogP contribution in [0.5, 0.6) is 0 Å². The lowest BCUT2D eigenvalue weighted by atomic mass is 9.65. The van der Waals surface area contributed by atoms with Crippen molar-refractivity contribution in [3.05, 3.63) is 23.4 Å². The Morgan fingerprint density at radius 3 is 2.11 bits per heavy atom. The average molecular weight is 251 g/mol. The molecule has 0 radical (unpaired) electrons. The van der Waals surface area contributed by atoms with Gasteiger partial charge in [-0.05, 0) is 31.8 Å². The van der Waals surface area contributed by atoms with Gasteiger partial charge in [-0.3, -0.25) is 0 Å². The van der Waals surface area contributed by atoms with Crippen molar-refractivity contribution in [3.63, 3.8) is 0 Å². The topological polar surface area (TPSA) is 3.24 Å². The molecule has 106 valence electrons. The maximum Gasteiger partial charge on any atom is 0.0269 e. The SMILES string of the molecule is CC.CC.CC/C=C\C1=C(C)N(C)CC12CCC2. The first kappa shape index (κ1) is 17.3. The number of hydrogen-bond acceptors (Lipinski definition) is 1. The van der Waals surface area contributed by atoms with Crippen molar-refractivity contribution >= 4 is 0 Å². The summed E-state index contributed by atoms with van der Waals surface area (Å²) >= 11 is 0. The van der Waals surface area contributed by atoms with Gasteiger partial charge in [0.15, 0.2) is 0 Å². The molecule has 1 nitrogen and oxygen atoms in total. The highest BCUT2D eigenvalue weighted by Crippen LogP contribution is 2.52. The fraction of sp³-hybridized carbons (Fsp3) is 0.765. The number of allylic oxidation sites excluding steroid dienone is 3. The highest BCUT2D eigenvalue weighted by Gasteiger charge is 2.45. The number of rotatable bonds is 2. The number of nitrogens with zero attached hydrogens (tertiary/aromatic N) is 1. The molecule has 1 aliphatic carbocycles. The second-order valence-electron chi connectivity index (χ2n) is 4.80. The molecule has 1 heteroatoms. The van der Waals surface area contributed by atoms with Crippen molar-refractivity contribution in [2.75, 3.05) is 13.6 Å². The summed E-state index contributed by atoms with van der Waals surface area (Å²) in [7, 11) is 2.22. The van der Waals surface area contributed by atoms with Crippen LogP contribution in [0, 0.1) is 5.41 Å². The molecule has 0 bridgehead atoms. The summed E-state index contributed by atoms with van der Waals surface area (Å²) < 4.78 is 0. The molecule has 0 atom stereocenters. The zero-order valence-electron chi connectivity index (χ0n) is 13.6. The van der Waals surface area contributed by atoms with Crippen molar-refractivity contribution in [2.45, 2.75) is 67.2 Å². The Kier molecular flexibility index (Phi) is 8.06. The van der Waals surface area contributed by atoms with Gasteiger partial charge in [0, 0.05) is 24.7 Å². The quantitative estimate of drug-likeness (QED) is 0.635. The molecule has 1 saturated carbocycles. The summed E-state index contributed by atoms with van der Waals surface area (Å²) in [6.45, 7) is 13.7. The second-order valence-corrected chi connectivity index (χ2v) is 4.80. The van der Waals surface area contributed by atoms with Gasteiger partial charge in [-0.25, -0.2) is 0 Å². The highest BCUT2D eigenvalue weighted by atomic mass is 15.1. The predicted molar refractivity (Wildman–Crippen MR) is 83.7 cm³/mol. The lowest BCUT2D eigenvalue weighted by Gasteiger charge is -2.40. The third-order valence-electron chi connectivity index (χ3n) is 3.90. The second kappa shape index (κ2) is 8.39. The van der Waals surface area contributed by atoms with Gasteiger partial charge in [-0.2, -0.15) is 0 Å². The van der Waals surface area contributed by atoms with Gasteiger partial charge in [-0.1, -0.05) is 53.2 Å². The minimum atomic E-state index is 0.546. The van der Waals surface area contributed by atoms with E-state index in [1.807, 2.05) is 27.7 Å². The fourth-order valence-electron chi connectivity index (χ4n) is 2.81. The van der Waals surface area contributed by atoms with Crippen LogP contribution in [0.2, 0.25) is 0 Å². The average Bonchev–Trinajstić information content (AvgIpc) is 2.65. The van der Waals surface area contributed by atoms with Gasteiger partial charge in [-0.15, -0.1) is 0 Å². The summed E-state index contributed by atoms with van der Waals surface area (Å²) in [4.78, 5) is 2.43. The van der Waals surface area contributed by atoms with E-state index in [-0.39, 0.29) is 0 Å². The summed E-state index contributed by atoms with van der Waals surface area (Å²) in [6.07, 6.45) is 10.0. The predicted octanol–water partition coefficient (Wildman–Crippen LogP) is 5.39. The summed E-state index contributed by atoms with van der Waals surface area (Å²) in [5.41, 5.74) is 3.66. The summed E-state index contributed by atoms with van der Waals surface area (Å²) in [5.74, 6) is 0. The molecule has 0 amide bonds. The Morgan fingerprint density at radius 1 is 1.17 bits per heavy atom. The van der Waals surface area contributed by atoms with E-state index >= 15 is 0 Å². The van der Waals surface area contributed by atoms with Gasteiger partial charge >= 0.3 is 0 Å². The van der Waals surface area contributed by atoms with E-state index in [2.05, 4.69) is 37.9 Å². The summed E-state index contributed by atoms with van der Waals surface area (Å²) in [5, 5.41) is 0. The molecule has 1 spiro atoms. The van der Waals surface area contributed by atoms with Gasteiger partial charge in [0.05, 0.1) is 0 Å². The first-order valence-corrected chi connectivity index (χ1v) is 7.79. The monoisotopic (exact) mass is 251 g/mol. The van der Waals surface area contributed by atoms with E-state index in [9.17, 15) is 0 Å². The molecule has 0 saturated heterocycles. The molecule has 2 rings (SSSR count). The van der Waals surface area contributed by atoms with E-state index in [4.69, 9.17) is 0 Å². The third kappa shape index (κ3) is 3.40. The molecule has 1 aliphatic heterocycles. The Labute approximate surface area is 115 Å². The van der Waals surface area contributed by atoms with Crippen LogP contribution in [0.15, 0.2) is 23.4 Å². The third-order valence-corrected chi connectivity index (χ3v) is 3.90. The largest absolute Gasteiger partial charge is 0.377 e. The minimum absolute atomic E-state index is 0.546. The van der Waals surface area contributed by atoms with E-state index in [0.717, 1.165) is 6.42 Å². The molecular weight excluding hydrogens is 218 g/mol. The Bertz CT molecular complexity index is 282. The van der Waals surface area contributed by atoms with Crippen LogP contribution in [0.4, 0.5) is 0 Å². The van der Waals surface area contributed by atoms with Crippen LogP contribution in [-0.4, -0.2) is 18.5 Å². The maximum absolute atomic E-state index is 2.43. The van der Waals surface area contributed by atoms with Crippen LogP contribution in [0.1, 0.15) is 67.2 Å². The molecule has 0 aromatic heterocycles. The molecular formula is C17H33N. The molecule has 0 aromatic carbocycles. The van der Waals surface area contributed by atoms with Gasteiger partial charge in [0.2, 0.25) is 0 Å². The van der Waals surface area contributed by atoms with E-state index in [0.29, 0.717) is 5.41 Å². The van der Waals surface area contributed by atoms with Crippen molar-refractivity contribution < 1.29 is 0 Å². The summed E-state index contributed by atoms with van der Waals surface area (Å²) in [6, 6.07) is 0. The van der Waals surface area contributed by atoms with Crippen LogP contribution < -0.4 is 0 Å². The van der Waals surface area contributed by atoms with E-state index in [1.54, 1.807) is 5.57 Å². The zero-order valence-corrected chi connectivity index (χ0v) is 13.6. The van der Waals surface area contributed by atoms with Crippen LogP contribution >= 0.6 is 0 Å². The standard InChI is InChI=1S/C13H21N.2C2H6/c1-4-5-7-12-11(2)14(3)10-13(12)8-6-9-13;2*1-2/h5,7H,4,6,8-10H2,1-3H3;2*1-2H3/b7-5-;;. The van der Waals surface area contributed by atoms with Crippen LogP contribution in [0.3, 0.4) is 0 Å². The first-order valence-electron chi connectivity index (χ1n) is 7.79. The Balaban J connectivity index is 0.000000659. The van der Waals surface area contributed by atoms with Crippen LogP contribution in [0.25, 0.3) is 0 Å². The smallest absolute Gasteiger partial charge is 0.0269 e. The number of hydrogen-bond donors (Lipinski definition) is 0. The van der Waals surface area contributed by atoms with E-state index in [1.165, 1.54) is 31.5 Å². The Morgan fingerprint density at radius 2 is 1.72 bits per heavy atom. The van der Waals surface area contributed by atoms with E-state index < -0.39 is 0 Å². The van der Waals surface area contributed by atoms with Crippen molar-refractivity contribution in [2.24, 2.45) is 5.41 Å². The van der Waals surface area contributed by atoms with Gasteiger partial charge in [0.1, 0.15) is 0 Å². The first-order chi connectivity index (χ1) is 8.69. The Hall–Kier alpha value is -0.720. The lowest BCUT2D eigenvalue weighted by Crippen LogP contribution is -2.34. The molecule has 0 unspecified atom stereocenters. The van der Waals surface area contributed by atoms with Crippen molar-refractivity contribution in [1.82, 2.24) is 4.90 Å². The normalized spacial score (nSPS) is 20.3. The fourth-order valence-corrected chi connectivity index (χ4v) is 2.81. The lowest BCUT2D eigenvalue weighted by molar-refractivity contribution is 0.171.